The number of H-pyrrole nitrogens is 1. The second kappa shape index (κ2) is 11.8. The van der Waals surface area contributed by atoms with Gasteiger partial charge in [-0.05, 0) is 53.7 Å². The lowest BCUT2D eigenvalue weighted by atomic mass is 10.2. The first-order valence-corrected chi connectivity index (χ1v) is 12.3. The third kappa shape index (κ3) is 6.46. The highest BCUT2D eigenvalue weighted by atomic mass is 79.9. The SMILES string of the molecule is COc1cc(OC)cc(-c2nc(S/C(=C\c3cc(Br)ccc3OCc3ccccc3)C(=O)O)n[nH]2)c1. The van der Waals surface area contributed by atoms with E-state index < -0.39 is 5.97 Å². The van der Waals surface area contributed by atoms with E-state index in [0.29, 0.717) is 40.8 Å². The Morgan fingerprint density at radius 1 is 1.06 bits per heavy atom. The van der Waals surface area contributed by atoms with Gasteiger partial charge < -0.3 is 19.3 Å². The van der Waals surface area contributed by atoms with Crippen LogP contribution in [0.5, 0.6) is 17.2 Å². The van der Waals surface area contributed by atoms with Crippen LogP contribution in [0.15, 0.2) is 81.3 Å². The third-order valence-electron chi connectivity index (χ3n) is 5.00. The van der Waals surface area contributed by atoms with Crippen LogP contribution in [0.25, 0.3) is 17.5 Å². The van der Waals surface area contributed by atoms with E-state index in [1.54, 1.807) is 50.6 Å². The molecule has 0 saturated heterocycles. The number of carbonyl (C=O) groups is 1. The molecule has 0 spiro atoms. The standard InChI is InChI=1S/C26H22BrN3O5S/c1-33-20-11-18(12-21(14-20)34-2)24-28-26(30-29-24)36-23(25(31)32)13-17-10-19(27)8-9-22(17)35-15-16-6-4-3-5-7-16/h3-14H,15H2,1-2H3,(H,31,32)(H,28,29,30)/b23-13-. The van der Waals surface area contributed by atoms with Gasteiger partial charge in [-0.15, -0.1) is 5.10 Å². The number of nitrogens with one attached hydrogen (secondary N) is 1. The molecule has 0 aliphatic rings. The molecule has 0 fully saturated rings. The Hall–Kier alpha value is -3.76. The van der Waals surface area contributed by atoms with Gasteiger partial charge in [-0.1, -0.05) is 46.3 Å². The van der Waals surface area contributed by atoms with E-state index in [4.69, 9.17) is 14.2 Å². The minimum atomic E-state index is -1.11. The molecule has 0 aliphatic heterocycles. The average Bonchev–Trinajstić information content (AvgIpc) is 3.36. The fourth-order valence-corrected chi connectivity index (χ4v) is 4.32. The number of nitrogens with zero attached hydrogens (tertiary/aromatic N) is 2. The number of ether oxygens (including phenoxy) is 3. The van der Waals surface area contributed by atoms with Gasteiger partial charge in [0.1, 0.15) is 28.8 Å². The van der Waals surface area contributed by atoms with E-state index in [0.717, 1.165) is 21.8 Å². The summed E-state index contributed by atoms with van der Waals surface area (Å²) in [5.41, 5.74) is 2.30. The first-order chi connectivity index (χ1) is 17.4. The maximum Gasteiger partial charge on any atom is 0.342 e. The second-order valence-corrected chi connectivity index (χ2v) is 9.36. The normalized spacial score (nSPS) is 11.2. The number of halogens is 1. The summed E-state index contributed by atoms with van der Waals surface area (Å²) in [4.78, 5) is 16.6. The van der Waals surface area contributed by atoms with Crippen molar-refractivity contribution < 1.29 is 24.1 Å². The van der Waals surface area contributed by atoms with Crippen molar-refractivity contribution in [2.45, 2.75) is 11.8 Å². The summed E-state index contributed by atoms with van der Waals surface area (Å²) in [6, 6.07) is 20.5. The predicted octanol–water partition coefficient (Wildman–Crippen LogP) is 6.05. The van der Waals surface area contributed by atoms with Crippen LogP contribution in [0.4, 0.5) is 0 Å². The molecule has 4 aromatic rings. The summed E-state index contributed by atoms with van der Waals surface area (Å²) in [6.45, 7) is 0.354. The number of carboxylic acid groups (broad SMARTS) is 1. The number of aromatic amines is 1. The van der Waals surface area contributed by atoms with Gasteiger partial charge in [0.15, 0.2) is 5.82 Å². The molecular formula is C26H22BrN3O5S. The van der Waals surface area contributed by atoms with Crippen LogP contribution in [-0.2, 0) is 11.4 Å². The number of thioether (sulfide) groups is 1. The van der Waals surface area contributed by atoms with Crippen LogP contribution >= 0.6 is 27.7 Å². The monoisotopic (exact) mass is 567 g/mol. The van der Waals surface area contributed by atoms with Crippen LogP contribution in [0.3, 0.4) is 0 Å². The van der Waals surface area contributed by atoms with Gasteiger partial charge in [0.25, 0.3) is 0 Å². The van der Waals surface area contributed by atoms with E-state index in [1.807, 2.05) is 36.4 Å². The van der Waals surface area contributed by atoms with Crippen molar-refractivity contribution in [3.8, 4) is 28.6 Å². The molecule has 0 unspecified atom stereocenters. The first-order valence-electron chi connectivity index (χ1n) is 10.7. The fraction of sp³-hybridized carbons (Fsp3) is 0.115. The van der Waals surface area contributed by atoms with Crippen LogP contribution in [0.2, 0.25) is 0 Å². The summed E-state index contributed by atoms with van der Waals surface area (Å²) >= 11 is 4.38. The number of benzene rings is 3. The molecule has 1 heterocycles. The van der Waals surface area contributed by atoms with E-state index in [9.17, 15) is 9.90 Å². The number of hydrogen-bond acceptors (Lipinski definition) is 7. The topological polar surface area (TPSA) is 107 Å². The van der Waals surface area contributed by atoms with Crippen LogP contribution in [0.1, 0.15) is 11.1 Å². The molecule has 36 heavy (non-hydrogen) atoms. The largest absolute Gasteiger partial charge is 0.497 e. The van der Waals surface area contributed by atoms with Crippen LogP contribution in [0, 0.1) is 0 Å². The van der Waals surface area contributed by atoms with Gasteiger partial charge in [0.05, 0.1) is 14.2 Å². The number of methoxy groups -OCH3 is 2. The van der Waals surface area contributed by atoms with Crippen molar-refractivity contribution >= 4 is 39.7 Å². The third-order valence-corrected chi connectivity index (χ3v) is 6.37. The maximum atomic E-state index is 12.1. The Morgan fingerprint density at radius 2 is 1.78 bits per heavy atom. The highest BCUT2D eigenvalue weighted by molar-refractivity contribution is 9.10. The van der Waals surface area contributed by atoms with E-state index in [1.165, 1.54) is 0 Å². The maximum absolute atomic E-state index is 12.1. The average molecular weight is 568 g/mol. The lowest BCUT2D eigenvalue weighted by Crippen LogP contribution is -2.00. The molecule has 8 nitrogen and oxygen atoms in total. The minimum absolute atomic E-state index is 0.0337. The molecule has 0 saturated carbocycles. The van der Waals surface area contributed by atoms with Gasteiger partial charge in [-0.2, -0.15) is 0 Å². The van der Waals surface area contributed by atoms with Gasteiger partial charge in [-0.3, -0.25) is 5.10 Å². The summed E-state index contributed by atoms with van der Waals surface area (Å²) in [6.07, 6.45) is 1.54. The Balaban J connectivity index is 1.59. The van der Waals surface area contributed by atoms with Crippen molar-refractivity contribution in [2.75, 3.05) is 14.2 Å². The smallest absolute Gasteiger partial charge is 0.342 e. The zero-order valence-electron chi connectivity index (χ0n) is 19.4. The number of aliphatic carboxylic acids is 1. The van der Waals surface area contributed by atoms with Gasteiger partial charge in [-0.25, -0.2) is 9.78 Å². The van der Waals surface area contributed by atoms with Gasteiger partial charge in [0, 0.05) is 21.7 Å². The number of aromatic nitrogens is 3. The van der Waals surface area contributed by atoms with Crippen molar-refractivity contribution in [3.05, 3.63) is 87.2 Å². The van der Waals surface area contributed by atoms with Gasteiger partial charge in [0.2, 0.25) is 5.16 Å². The quantitative estimate of drug-likeness (QED) is 0.176. The molecule has 0 atom stereocenters. The van der Waals surface area contributed by atoms with Crippen LogP contribution in [-0.4, -0.2) is 40.5 Å². The molecule has 3 aromatic carbocycles. The molecular weight excluding hydrogens is 546 g/mol. The molecule has 4 rings (SSSR count). The van der Waals surface area contributed by atoms with Crippen molar-refractivity contribution in [1.82, 2.24) is 15.2 Å². The van der Waals surface area contributed by atoms with Crippen molar-refractivity contribution in [1.29, 1.82) is 0 Å². The molecule has 10 heteroatoms. The number of rotatable bonds is 10. The molecule has 0 aliphatic carbocycles. The van der Waals surface area contributed by atoms with E-state index >= 15 is 0 Å². The predicted molar refractivity (Wildman–Crippen MR) is 141 cm³/mol. The zero-order valence-corrected chi connectivity index (χ0v) is 21.8. The zero-order chi connectivity index (χ0) is 25.5. The molecule has 0 radical (unpaired) electrons. The Kier molecular flexibility index (Phi) is 8.29. The van der Waals surface area contributed by atoms with Crippen molar-refractivity contribution in [2.24, 2.45) is 0 Å². The Morgan fingerprint density at radius 3 is 2.44 bits per heavy atom. The first kappa shape index (κ1) is 25.3. The van der Waals surface area contributed by atoms with Crippen molar-refractivity contribution in [3.63, 3.8) is 0 Å². The van der Waals surface area contributed by atoms with E-state index in [2.05, 4.69) is 31.1 Å². The Bertz CT molecular complexity index is 1370. The van der Waals surface area contributed by atoms with E-state index in [-0.39, 0.29) is 10.1 Å². The molecule has 2 N–H and O–H groups in total. The summed E-state index contributed by atoms with van der Waals surface area (Å²) in [5.74, 6) is 1.09. The molecule has 0 bridgehead atoms. The highest BCUT2D eigenvalue weighted by Crippen LogP contribution is 2.33. The fourth-order valence-electron chi connectivity index (χ4n) is 3.24. The number of carboxylic acids is 1. The molecule has 184 valence electrons. The lowest BCUT2D eigenvalue weighted by Gasteiger charge is -2.11. The number of hydrogen-bond donors (Lipinski definition) is 2. The summed E-state index contributed by atoms with van der Waals surface area (Å²) in [7, 11) is 3.12. The minimum Gasteiger partial charge on any atom is -0.497 e. The molecule has 1 aromatic heterocycles. The van der Waals surface area contributed by atoms with Crippen LogP contribution < -0.4 is 14.2 Å². The highest BCUT2D eigenvalue weighted by Gasteiger charge is 2.17. The summed E-state index contributed by atoms with van der Waals surface area (Å²) < 4.78 is 17.4. The lowest BCUT2D eigenvalue weighted by molar-refractivity contribution is -0.131. The van der Waals surface area contributed by atoms with Gasteiger partial charge >= 0.3 is 5.97 Å². The Labute approximate surface area is 220 Å². The summed E-state index contributed by atoms with van der Waals surface area (Å²) in [5, 5.41) is 17.2. The molecule has 0 amide bonds. The second-order valence-electron chi connectivity index (χ2n) is 7.44.